The van der Waals surface area contributed by atoms with Crippen molar-refractivity contribution in [2.45, 2.75) is 25.9 Å². The third-order valence-corrected chi connectivity index (χ3v) is 7.89. The highest BCUT2D eigenvalue weighted by molar-refractivity contribution is 6.32. The molecule has 0 saturated carbocycles. The van der Waals surface area contributed by atoms with E-state index in [4.69, 9.17) is 16.3 Å². The number of rotatable bonds is 5. The Kier molecular flexibility index (Phi) is 6.48. The first-order valence-electron chi connectivity index (χ1n) is 12.7. The van der Waals surface area contributed by atoms with Crippen LogP contribution in [-0.4, -0.2) is 47.3 Å². The van der Waals surface area contributed by atoms with Crippen molar-refractivity contribution in [1.82, 2.24) is 9.88 Å². The lowest BCUT2D eigenvalue weighted by molar-refractivity contribution is -0.385. The van der Waals surface area contributed by atoms with Crippen LogP contribution in [0.2, 0.25) is 5.02 Å². The predicted molar refractivity (Wildman–Crippen MR) is 147 cm³/mol. The smallest absolute Gasteiger partial charge is 0.285 e. The molecule has 0 radical (unpaired) electrons. The van der Waals surface area contributed by atoms with Gasteiger partial charge in [-0.05, 0) is 75.3 Å². The molecule has 7 rings (SSSR count). The Balaban J connectivity index is 1.30. The Morgan fingerprint density at radius 1 is 1.11 bits per heavy atom. The summed E-state index contributed by atoms with van der Waals surface area (Å²) >= 11 is 6.59. The van der Waals surface area contributed by atoms with Crippen molar-refractivity contribution in [1.29, 1.82) is 0 Å². The maximum absolute atomic E-state index is 12.0. The lowest BCUT2D eigenvalue weighted by Gasteiger charge is -2.45. The summed E-state index contributed by atoms with van der Waals surface area (Å²) in [6, 6.07) is 14.6. The maximum Gasteiger partial charge on any atom is 0.285 e. The van der Waals surface area contributed by atoms with Crippen LogP contribution >= 0.6 is 11.6 Å². The number of pyridine rings is 1. The van der Waals surface area contributed by atoms with E-state index in [-0.39, 0.29) is 16.0 Å². The van der Waals surface area contributed by atoms with E-state index < -0.39 is 0 Å². The van der Waals surface area contributed by atoms with Gasteiger partial charge < -0.3 is 14.5 Å². The number of fused-ring (bicyclic) bond motifs is 4. The Bertz CT molecular complexity index is 1460. The van der Waals surface area contributed by atoms with Crippen molar-refractivity contribution in [3.05, 3.63) is 86.7 Å². The molecule has 3 fully saturated rings. The summed E-state index contributed by atoms with van der Waals surface area (Å²) in [5, 5.41) is 12.4. The van der Waals surface area contributed by atoms with Crippen LogP contribution in [0, 0.1) is 27.4 Å². The zero-order chi connectivity index (χ0) is 26.1. The Morgan fingerprint density at radius 2 is 1.92 bits per heavy atom. The Morgan fingerprint density at radius 3 is 2.63 bits per heavy atom. The summed E-state index contributed by atoms with van der Waals surface area (Å²) in [5.74, 6) is 7.24. The normalized spacial score (nSPS) is 21.4. The quantitative estimate of drug-likeness (QED) is 0.244. The van der Waals surface area contributed by atoms with Gasteiger partial charge in [0.1, 0.15) is 24.6 Å². The third-order valence-electron chi connectivity index (χ3n) is 7.60. The topological polar surface area (TPSA) is 84.1 Å². The van der Waals surface area contributed by atoms with Crippen LogP contribution in [0.4, 0.5) is 17.1 Å². The highest BCUT2D eigenvalue weighted by Crippen LogP contribution is 2.41. The maximum atomic E-state index is 12.0. The van der Waals surface area contributed by atoms with Crippen molar-refractivity contribution in [2.75, 3.05) is 31.2 Å². The number of anilines is 2. The van der Waals surface area contributed by atoms with Gasteiger partial charge in [-0.1, -0.05) is 29.5 Å². The summed E-state index contributed by atoms with van der Waals surface area (Å²) in [6.07, 6.45) is 6.45. The molecule has 0 aliphatic carbocycles. The van der Waals surface area contributed by atoms with E-state index in [9.17, 15) is 10.1 Å². The molecule has 192 valence electrons. The number of nitrogens with zero attached hydrogens (tertiary/aromatic N) is 5. The number of halogens is 1. The van der Waals surface area contributed by atoms with Gasteiger partial charge in [0, 0.05) is 35.1 Å². The van der Waals surface area contributed by atoms with E-state index in [1.807, 2.05) is 47.4 Å². The molecule has 0 atom stereocenters. The first kappa shape index (κ1) is 24.4. The van der Waals surface area contributed by atoms with Crippen molar-refractivity contribution < 1.29 is 9.66 Å². The number of aromatic nitrogens is 1. The molecule has 1 aromatic heterocycles. The minimum absolute atomic E-state index is 0.00509. The van der Waals surface area contributed by atoms with Crippen molar-refractivity contribution in [3.8, 4) is 17.6 Å². The molecule has 3 aromatic rings. The largest absolute Gasteiger partial charge is 0.486 e. The SMILES string of the molecule is O=[N+]([O-])c1cc2c(cc1C#CC13CCN(CC1)CC3)N(c1ccc(OCc3ccccn3)c(Cl)c1)CN=C2. The molecule has 9 heteroatoms. The predicted octanol–water partition coefficient (Wildman–Crippen LogP) is 5.59. The summed E-state index contributed by atoms with van der Waals surface area (Å²) in [5.41, 5.74) is 3.49. The summed E-state index contributed by atoms with van der Waals surface area (Å²) < 4.78 is 5.87. The number of nitro benzene ring substituents is 1. The van der Waals surface area contributed by atoms with Gasteiger partial charge in [-0.3, -0.25) is 20.1 Å². The van der Waals surface area contributed by atoms with Crippen molar-refractivity contribution in [2.24, 2.45) is 10.4 Å². The third kappa shape index (κ3) is 4.83. The number of nitro groups is 1. The molecule has 0 unspecified atom stereocenters. The molecule has 3 saturated heterocycles. The summed E-state index contributed by atoms with van der Waals surface area (Å²) in [6.45, 7) is 3.82. The first-order valence-corrected chi connectivity index (χ1v) is 13.1. The molecule has 0 N–H and O–H groups in total. The zero-order valence-corrected chi connectivity index (χ0v) is 21.5. The molecule has 8 nitrogen and oxygen atoms in total. The average Bonchev–Trinajstić information content (AvgIpc) is 2.96. The van der Waals surface area contributed by atoms with E-state index in [0.717, 1.165) is 56.0 Å². The van der Waals surface area contributed by atoms with E-state index in [1.54, 1.807) is 18.5 Å². The number of hydrogen-bond acceptors (Lipinski definition) is 7. The second-order valence-corrected chi connectivity index (χ2v) is 10.3. The average molecular weight is 528 g/mol. The highest BCUT2D eigenvalue weighted by Gasteiger charge is 2.38. The molecule has 0 spiro atoms. The van der Waals surface area contributed by atoms with Gasteiger partial charge in [0.05, 0.1) is 21.3 Å². The van der Waals surface area contributed by atoms with E-state index in [2.05, 4.69) is 26.7 Å². The van der Waals surface area contributed by atoms with Crippen molar-refractivity contribution in [3.63, 3.8) is 0 Å². The van der Waals surface area contributed by atoms with Gasteiger partial charge in [-0.15, -0.1) is 0 Å². The van der Waals surface area contributed by atoms with Crippen LogP contribution in [-0.2, 0) is 6.61 Å². The zero-order valence-electron chi connectivity index (χ0n) is 20.8. The molecule has 2 bridgehead atoms. The molecule has 4 aliphatic heterocycles. The van der Waals surface area contributed by atoms with Crippen LogP contribution in [0.25, 0.3) is 0 Å². The minimum Gasteiger partial charge on any atom is -0.486 e. The van der Waals surface area contributed by atoms with E-state index in [0.29, 0.717) is 35.2 Å². The molecular formula is C29H26ClN5O3. The number of piperidine rings is 3. The van der Waals surface area contributed by atoms with E-state index in [1.165, 1.54) is 0 Å². The van der Waals surface area contributed by atoms with Crippen LogP contribution in [0.3, 0.4) is 0 Å². The standard InChI is InChI=1S/C29H26ClN5O3/c30-25-17-24(4-5-28(25)38-19-23-3-1-2-11-32-23)34-20-31-18-22-16-27(35(36)37)21(15-26(22)34)6-7-29-8-12-33(13-9-29)14-10-29/h1-5,11,15-18H,8-10,12-14,19-20H2. The second kappa shape index (κ2) is 10.1. The minimum atomic E-state index is -0.358. The highest BCUT2D eigenvalue weighted by atomic mass is 35.5. The van der Waals surface area contributed by atoms with E-state index >= 15 is 0 Å². The van der Waals surface area contributed by atoms with Crippen LogP contribution in [0.5, 0.6) is 5.75 Å². The number of hydrogen-bond donors (Lipinski definition) is 0. The van der Waals surface area contributed by atoms with Gasteiger partial charge in [0.25, 0.3) is 5.69 Å². The fourth-order valence-corrected chi connectivity index (χ4v) is 5.55. The van der Waals surface area contributed by atoms with Gasteiger partial charge in [-0.2, -0.15) is 0 Å². The van der Waals surface area contributed by atoms with Crippen molar-refractivity contribution >= 4 is 34.9 Å². The van der Waals surface area contributed by atoms with Crippen LogP contribution < -0.4 is 9.64 Å². The van der Waals surface area contributed by atoms with Gasteiger partial charge in [0.15, 0.2) is 0 Å². The lowest BCUT2D eigenvalue weighted by Crippen LogP contribution is -2.47. The fraction of sp³-hybridized carbons (Fsp3) is 0.310. The van der Waals surface area contributed by atoms with Gasteiger partial charge in [0.2, 0.25) is 0 Å². The molecule has 38 heavy (non-hydrogen) atoms. The molecular weight excluding hydrogens is 502 g/mol. The summed E-state index contributed by atoms with van der Waals surface area (Å²) in [4.78, 5) is 24.7. The molecule has 0 amide bonds. The Hall–Kier alpha value is -3.93. The second-order valence-electron chi connectivity index (χ2n) is 9.91. The fourth-order valence-electron chi connectivity index (χ4n) is 5.32. The number of aliphatic imine (C=N–C) groups is 1. The molecule has 5 heterocycles. The molecule has 4 aliphatic rings. The van der Waals surface area contributed by atoms with Crippen LogP contribution in [0.15, 0.2) is 59.7 Å². The van der Waals surface area contributed by atoms with Gasteiger partial charge >= 0.3 is 0 Å². The summed E-state index contributed by atoms with van der Waals surface area (Å²) in [7, 11) is 0. The number of ether oxygens (including phenoxy) is 1. The first-order chi connectivity index (χ1) is 18.5. The van der Waals surface area contributed by atoms with Gasteiger partial charge in [-0.25, -0.2) is 0 Å². The molecule has 2 aromatic carbocycles. The monoisotopic (exact) mass is 527 g/mol. The number of benzene rings is 2. The lowest BCUT2D eigenvalue weighted by atomic mass is 9.72. The Labute approximate surface area is 226 Å². The van der Waals surface area contributed by atoms with Crippen LogP contribution in [0.1, 0.15) is 36.1 Å².